The molecule has 0 aromatic heterocycles. The molecule has 2 fully saturated rings. The van der Waals surface area contributed by atoms with Gasteiger partial charge in [0, 0.05) is 12.6 Å². The Labute approximate surface area is 82.0 Å². The minimum Gasteiger partial charge on any atom is -0.378 e. The fourth-order valence-corrected chi connectivity index (χ4v) is 2.07. The summed E-state index contributed by atoms with van der Waals surface area (Å²) in [6.45, 7) is 9.18. The SMILES string of the molecule is CC.CCC1(C2COCCN2)CC1. The topological polar surface area (TPSA) is 21.3 Å². The van der Waals surface area contributed by atoms with E-state index in [0.717, 1.165) is 19.8 Å². The van der Waals surface area contributed by atoms with Crippen LogP contribution >= 0.6 is 0 Å². The van der Waals surface area contributed by atoms with Gasteiger partial charge in [-0.2, -0.15) is 0 Å². The van der Waals surface area contributed by atoms with E-state index in [0.29, 0.717) is 11.5 Å². The van der Waals surface area contributed by atoms with E-state index in [1.807, 2.05) is 13.8 Å². The molecule has 78 valence electrons. The molecule has 0 radical (unpaired) electrons. The molecule has 1 aliphatic carbocycles. The molecule has 2 nitrogen and oxygen atoms in total. The van der Waals surface area contributed by atoms with E-state index in [4.69, 9.17) is 4.74 Å². The fourth-order valence-electron chi connectivity index (χ4n) is 2.07. The Morgan fingerprint density at radius 3 is 2.46 bits per heavy atom. The van der Waals surface area contributed by atoms with Gasteiger partial charge in [0.1, 0.15) is 0 Å². The van der Waals surface area contributed by atoms with Crippen molar-refractivity contribution >= 4 is 0 Å². The minimum atomic E-state index is 0.625. The Hall–Kier alpha value is -0.0800. The third-order valence-corrected chi connectivity index (χ3v) is 3.26. The van der Waals surface area contributed by atoms with E-state index in [9.17, 15) is 0 Å². The molecule has 1 saturated heterocycles. The molecule has 0 aromatic carbocycles. The quantitative estimate of drug-likeness (QED) is 0.712. The second-order valence-electron chi connectivity index (χ2n) is 3.80. The number of morpholine rings is 1. The summed E-state index contributed by atoms with van der Waals surface area (Å²) in [5, 5.41) is 3.55. The van der Waals surface area contributed by atoms with Crippen LogP contribution in [0.5, 0.6) is 0 Å². The van der Waals surface area contributed by atoms with Crippen molar-refractivity contribution in [1.29, 1.82) is 0 Å². The van der Waals surface area contributed by atoms with E-state index >= 15 is 0 Å². The highest BCUT2D eigenvalue weighted by Gasteiger charge is 2.47. The largest absolute Gasteiger partial charge is 0.378 e. The first kappa shape index (κ1) is 11.0. The Balaban J connectivity index is 0.000000396. The number of hydrogen-bond donors (Lipinski definition) is 1. The number of nitrogens with one attached hydrogen (secondary N) is 1. The Bertz CT molecular complexity index is 137. The van der Waals surface area contributed by atoms with Gasteiger partial charge in [0.15, 0.2) is 0 Å². The number of ether oxygens (including phenoxy) is 1. The molecule has 2 heteroatoms. The second-order valence-corrected chi connectivity index (χ2v) is 3.80. The first-order chi connectivity index (χ1) is 6.37. The van der Waals surface area contributed by atoms with Crippen molar-refractivity contribution in [1.82, 2.24) is 5.32 Å². The zero-order valence-corrected chi connectivity index (χ0v) is 9.23. The van der Waals surface area contributed by atoms with Crippen molar-refractivity contribution in [3.05, 3.63) is 0 Å². The van der Waals surface area contributed by atoms with Crippen molar-refractivity contribution in [3.63, 3.8) is 0 Å². The van der Waals surface area contributed by atoms with Crippen molar-refractivity contribution < 1.29 is 4.74 Å². The normalized spacial score (nSPS) is 30.2. The van der Waals surface area contributed by atoms with Crippen LogP contribution in [-0.4, -0.2) is 25.8 Å². The maximum absolute atomic E-state index is 5.45. The molecule has 1 heterocycles. The second kappa shape index (κ2) is 4.97. The predicted molar refractivity (Wildman–Crippen MR) is 55.9 cm³/mol. The van der Waals surface area contributed by atoms with Crippen molar-refractivity contribution in [2.75, 3.05) is 19.8 Å². The van der Waals surface area contributed by atoms with E-state index in [-0.39, 0.29) is 0 Å². The summed E-state index contributed by atoms with van der Waals surface area (Å²) in [7, 11) is 0. The molecular weight excluding hydrogens is 162 g/mol. The summed E-state index contributed by atoms with van der Waals surface area (Å²) >= 11 is 0. The monoisotopic (exact) mass is 185 g/mol. The zero-order chi connectivity index (χ0) is 9.73. The van der Waals surface area contributed by atoms with Crippen molar-refractivity contribution in [2.24, 2.45) is 5.41 Å². The van der Waals surface area contributed by atoms with Crippen LogP contribution in [0.3, 0.4) is 0 Å². The van der Waals surface area contributed by atoms with Gasteiger partial charge in [-0.1, -0.05) is 20.8 Å². The van der Waals surface area contributed by atoms with E-state index in [1.54, 1.807) is 0 Å². The highest BCUT2D eigenvalue weighted by atomic mass is 16.5. The molecule has 0 aromatic rings. The molecule has 2 rings (SSSR count). The third-order valence-electron chi connectivity index (χ3n) is 3.26. The standard InChI is InChI=1S/C9H17NO.C2H6/c1-2-9(3-4-9)8-7-11-6-5-10-8;1-2/h8,10H,2-7H2,1H3;1-2H3. The van der Waals surface area contributed by atoms with E-state index < -0.39 is 0 Å². The Morgan fingerprint density at radius 1 is 1.38 bits per heavy atom. The maximum atomic E-state index is 5.45. The van der Waals surface area contributed by atoms with Gasteiger partial charge >= 0.3 is 0 Å². The maximum Gasteiger partial charge on any atom is 0.0625 e. The molecule has 13 heavy (non-hydrogen) atoms. The molecule has 1 atom stereocenters. The van der Waals surface area contributed by atoms with Crippen molar-refractivity contribution in [3.8, 4) is 0 Å². The molecular formula is C11H23NO. The molecule has 1 aliphatic heterocycles. The Morgan fingerprint density at radius 2 is 2.08 bits per heavy atom. The van der Waals surface area contributed by atoms with E-state index in [2.05, 4.69) is 12.2 Å². The third kappa shape index (κ3) is 2.44. The summed E-state index contributed by atoms with van der Waals surface area (Å²) in [5.74, 6) is 0. The first-order valence-corrected chi connectivity index (χ1v) is 5.68. The highest BCUT2D eigenvalue weighted by molar-refractivity contribution is 5.01. The molecule has 1 unspecified atom stereocenters. The smallest absolute Gasteiger partial charge is 0.0625 e. The molecule has 0 spiro atoms. The summed E-state index contributed by atoms with van der Waals surface area (Å²) < 4.78 is 5.45. The predicted octanol–water partition coefficient (Wildman–Crippen LogP) is 2.19. The fraction of sp³-hybridized carbons (Fsp3) is 1.00. The highest BCUT2D eigenvalue weighted by Crippen LogP contribution is 2.51. The zero-order valence-electron chi connectivity index (χ0n) is 9.23. The Kier molecular flexibility index (Phi) is 4.20. The minimum absolute atomic E-state index is 0.625. The van der Waals surface area contributed by atoms with Crippen LogP contribution in [-0.2, 0) is 4.74 Å². The lowest BCUT2D eigenvalue weighted by Crippen LogP contribution is -2.46. The van der Waals surface area contributed by atoms with Gasteiger partial charge in [-0.05, 0) is 24.7 Å². The van der Waals surface area contributed by atoms with Crippen LogP contribution < -0.4 is 5.32 Å². The molecule has 0 amide bonds. The average Bonchev–Trinajstić information content (AvgIpc) is 3.03. The van der Waals surface area contributed by atoms with Crippen LogP contribution in [0.4, 0.5) is 0 Å². The molecule has 1 saturated carbocycles. The lowest BCUT2D eigenvalue weighted by Gasteiger charge is -2.30. The van der Waals surface area contributed by atoms with Gasteiger partial charge in [-0.15, -0.1) is 0 Å². The van der Waals surface area contributed by atoms with Crippen molar-refractivity contribution in [2.45, 2.75) is 46.1 Å². The van der Waals surface area contributed by atoms with Gasteiger partial charge in [-0.25, -0.2) is 0 Å². The summed E-state index contributed by atoms with van der Waals surface area (Å²) in [6, 6.07) is 0.654. The van der Waals surface area contributed by atoms with Gasteiger partial charge in [0.2, 0.25) is 0 Å². The lowest BCUT2D eigenvalue weighted by molar-refractivity contribution is 0.0499. The molecule has 0 bridgehead atoms. The van der Waals surface area contributed by atoms with Gasteiger partial charge in [0.05, 0.1) is 13.2 Å². The van der Waals surface area contributed by atoms with Gasteiger partial charge in [0.25, 0.3) is 0 Å². The summed E-state index contributed by atoms with van der Waals surface area (Å²) in [5.41, 5.74) is 0.625. The van der Waals surface area contributed by atoms with Crippen LogP contribution in [0.1, 0.15) is 40.0 Å². The van der Waals surface area contributed by atoms with Gasteiger partial charge in [-0.3, -0.25) is 0 Å². The van der Waals surface area contributed by atoms with Crippen LogP contribution in [0.15, 0.2) is 0 Å². The van der Waals surface area contributed by atoms with Crippen LogP contribution in [0.2, 0.25) is 0 Å². The summed E-state index contributed by atoms with van der Waals surface area (Å²) in [4.78, 5) is 0. The number of hydrogen-bond acceptors (Lipinski definition) is 2. The van der Waals surface area contributed by atoms with Gasteiger partial charge < -0.3 is 10.1 Å². The lowest BCUT2D eigenvalue weighted by atomic mass is 9.93. The molecule has 1 N–H and O–H groups in total. The first-order valence-electron chi connectivity index (χ1n) is 5.68. The van der Waals surface area contributed by atoms with Crippen LogP contribution in [0, 0.1) is 5.41 Å². The van der Waals surface area contributed by atoms with Crippen LogP contribution in [0.25, 0.3) is 0 Å². The summed E-state index contributed by atoms with van der Waals surface area (Å²) in [6.07, 6.45) is 4.13. The average molecular weight is 185 g/mol. The number of rotatable bonds is 2. The molecule has 2 aliphatic rings. The van der Waals surface area contributed by atoms with E-state index in [1.165, 1.54) is 19.3 Å².